The van der Waals surface area contributed by atoms with Crippen molar-refractivity contribution in [3.63, 3.8) is 0 Å². The minimum atomic E-state index is -0.602. The van der Waals surface area contributed by atoms with E-state index in [2.05, 4.69) is 5.32 Å². The largest absolute Gasteiger partial charge is 0.505 e. The molecule has 0 bridgehead atoms. The summed E-state index contributed by atoms with van der Waals surface area (Å²) in [7, 11) is 0. The van der Waals surface area contributed by atoms with Gasteiger partial charge in [0.05, 0.1) is 12.3 Å². The third-order valence-corrected chi connectivity index (χ3v) is 2.59. The molecule has 2 N–H and O–H groups in total. The highest BCUT2D eigenvalue weighted by molar-refractivity contribution is 5.28. The second kappa shape index (κ2) is 5.01. The van der Waals surface area contributed by atoms with Crippen LogP contribution in [0.1, 0.15) is 24.3 Å². The minimum Gasteiger partial charge on any atom is -0.505 e. The highest BCUT2D eigenvalue weighted by Gasteiger charge is 2.08. The molecule has 17 heavy (non-hydrogen) atoms. The SMILES string of the molecule is C[C@@H](NCc1ccc(O)c(F)c1)c1ccco1. The quantitative estimate of drug-likeness (QED) is 0.856. The van der Waals surface area contributed by atoms with Gasteiger partial charge in [0, 0.05) is 6.54 Å². The van der Waals surface area contributed by atoms with E-state index in [0.717, 1.165) is 11.3 Å². The van der Waals surface area contributed by atoms with Crippen molar-refractivity contribution in [3.8, 4) is 5.75 Å². The van der Waals surface area contributed by atoms with Crippen molar-refractivity contribution >= 4 is 0 Å². The summed E-state index contributed by atoms with van der Waals surface area (Å²) in [5.41, 5.74) is 0.777. The normalized spacial score (nSPS) is 12.6. The molecule has 0 amide bonds. The first-order valence-electron chi connectivity index (χ1n) is 5.41. The lowest BCUT2D eigenvalue weighted by Gasteiger charge is -2.11. The number of nitrogens with one attached hydrogen (secondary N) is 1. The molecule has 0 fully saturated rings. The van der Waals surface area contributed by atoms with Gasteiger partial charge in [-0.05, 0) is 36.8 Å². The van der Waals surface area contributed by atoms with Crippen LogP contribution in [0, 0.1) is 5.82 Å². The van der Waals surface area contributed by atoms with Crippen LogP contribution in [-0.2, 0) is 6.54 Å². The Balaban J connectivity index is 1.96. The van der Waals surface area contributed by atoms with Gasteiger partial charge in [-0.15, -0.1) is 0 Å². The number of halogens is 1. The Morgan fingerprint density at radius 2 is 2.24 bits per heavy atom. The van der Waals surface area contributed by atoms with Gasteiger partial charge in [0.15, 0.2) is 11.6 Å². The molecule has 0 aliphatic carbocycles. The van der Waals surface area contributed by atoms with Gasteiger partial charge in [-0.25, -0.2) is 4.39 Å². The Labute approximate surface area is 98.9 Å². The third-order valence-electron chi connectivity index (χ3n) is 2.59. The highest BCUT2D eigenvalue weighted by atomic mass is 19.1. The summed E-state index contributed by atoms with van der Waals surface area (Å²) in [6.45, 7) is 2.48. The number of aromatic hydroxyl groups is 1. The maximum absolute atomic E-state index is 13.1. The lowest BCUT2D eigenvalue weighted by Crippen LogP contribution is -2.17. The number of phenols is 1. The summed E-state index contributed by atoms with van der Waals surface area (Å²) >= 11 is 0. The zero-order chi connectivity index (χ0) is 12.3. The Hall–Kier alpha value is -1.81. The average Bonchev–Trinajstić information content (AvgIpc) is 2.84. The Morgan fingerprint density at radius 1 is 1.41 bits per heavy atom. The molecule has 0 spiro atoms. The topological polar surface area (TPSA) is 45.4 Å². The van der Waals surface area contributed by atoms with E-state index in [0.29, 0.717) is 6.54 Å². The van der Waals surface area contributed by atoms with E-state index < -0.39 is 5.82 Å². The van der Waals surface area contributed by atoms with E-state index >= 15 is 0 Å². The van der Waals surface area contributed by atoms with Crippen LogP contribution in [0.3, 0.4) is 0 Å². The molecule has 1 aromatic heterocycles. The molecule has 0 aliphatic heterocycles. The number of rotatable bonds is 4. The molecule has 1 heterocycles. The molecular formula is C13H14FNO2. The molecule has 90 valence electrons. The van der Waals surface area contributed by atoms with Gasteiger partial charge in [-0.2, -0.15) is 0 Å². The summed E-state index contributed by atoms with van der Waals surface area (Å²) < 4.78 is 18.3. The molecule has 0 radical (unpaired) electrons. The van der Waals surface area contributed by atoms with Crippen LogP contribution in [0.4, 0.5) is 4.39 Å². The first-order valence-corrected chi connectivity index (χ1v) is 5.41. The van der Waals surface area contributed by atoms with Gasteiger partial charge < -0.3 is 14.8 Å². The molecule has 1 atom stereocenters. The Morgan fingerprint density at radius 3 is 2.88 bits per heavy atom. The minimum absolute atomic E-state index is 0.0573. The molecule has 0 saturated heterocycles. The lowest BCUT2D eigenvalue weighted by atomic mass is 10.2. The monoisotopic (exact) mass is 235 g/mol. The number of benzene rings is 1. The second-order valence-electron chi connectivity index (χ2n) is 3.90. The van der Waals surface area contributed by atoms with Gasteiger partial charge in [0.2, 0.25) is 0 Å². The van der Waals surface area contributed by atoms with Crippen molar-refractivity contribution in [1.82, 2.24) is 5.32 Å². The van der Waals surface area contributed by atoms with Crippen LogP contribution in [0.5, 0.6) is 5.75 Å². The van der Waals surface area contributed by atoms with E-state index in [4.69, 9.17) is 9.52 Å². The zero-order valence-electron chi connectivity index (χ0n) is 9.48. The molecule has 3 nitrogen and oxygen atoms in total. The van der Waals surface area contributed by atoms with Crippen molar-refractivity contribution < 1.29 is 13.9 Å². The highest BCUT2D eigenvalue weighted by Crippen LogP contribution is 2.17. The molecule has 0 aliphatic rings. The molecule has 0 saturated carbocycles. The molecule has 1 aromatic carbocycles. The molecule has 2 aromatic rings. The molecule has 4 heteroatoms. The van der Waals surface area contributed by atoms with E-state index in [1.54, 1.807) is 12.3 Å². The van der Waals surface area contributed by atoms with Crippen molar-refractivity contribution in [2.75, 3.05) is 0 Å². The summed E-state index contributed by atoms with van der Waals surface area (Å²) in [4.78, 5) is 0. The van der Waals surface area contributed by atoms with Crippen LogP contribution in [-0.4, -0.2) is 5.11 Å². The predicted octanol–water partition coefficient (Wildman–Crippen LogP) is 2.98. The molecule has 2 rings (SSSR count). The van der Waals surface area contributed by atoms with Crippen LogP contribution in [0.25, 0.3) is 0 Å². The number of furan rings is 1. The smallest absolute Gasteiger partial charge is 0.165 e. The van der Waals surface area contributed by atoms with Crippen LogP contribution >= 0.6 is 0 Å². The number of hydrogen-bond donors (Lipinski definition) is 2. The number of phenolic OH excluding ortho intramolecular Hbond substituents is 1. The van der Waals surface area contributed by atoms with E-state index in [1.165, 1.54) is 12.1 Å². The average molecular weight is 235 g/mol. The van der Waals surface area contributed by atoms with Crippen molar-refractivity contribution in [2.24, 2.45) is 0 Å². The first kappa shape index (κ1) is 11.7. The molecular weight excluding hydrogens is 221 g/mol. The summed E-state index contributed by atoms with van der Waals surface area (Å²) in [6.07, 6.45) is 1.62. The van der Waals surface area contributed by atoms with Crippen molar-refractivity contribution in [1.29, 1.82) is 0 Å². The van der Waals surface area contributed by atoms with Gasteiger partial charge in [-0.3, -0.25) is 0 Å². The van der Waals surface area contributed by atoms with Crippen LogP contribution in [0.2, 0.25) is 0 Å². The van der Waals surface area contributed by atoms with E-state index in [-0.39, 0.29) is 11.8 Å². The van der Waals surface area contributed by atoms with Crippen LogP contribution in [0.15, 0.2) is 41.0 Å². The van der Waals surface area contributed by atoms with Crippen molar-refractivity contribution in [3.05, 3.63) is 53.7 Å². The second-order valence-corrected chi connectivity index (χ2v) is 3.90. The standard InChI is InChI=1S/C13H14FNO2/c1-9(13-3-2-6-17-13)15-8-10-4-5-12(16)11(14)7-10/h2-7,9,15-16H,8H2,1H3/t9-/m1/s1. The fraction of sp³-hybridized carbons (Fsp3) is 0.231. The first-order chi connectivity index (χ1) is 8.16. The summed E-state index contributed by atoms with van der Waals surface area (Å²) in [5.74, 6) is -0.0907. The fourth-order valence-corrected chi connectivity index (χ4v) is 1.57. The maximum atomic E-state index is 13.1. The van der Waals surface area contributed by atoms with Crippen molar-refractivity contribution in [2.45, 2.75) is 19.5 Å². The Bertz CT molecular complexity index is 482. The van der Waals surface area contributed by atoms with Gasteiger partial charge >= 0.3 is 0 Å². The summed E-state index contributed by atoms with van der Waals surface area (Å²) in [6, 6.07) is 8.12. The van der Waals surface area contributed by atoms with Gasteiger partial charge in [-0.1, -0.05) is 6.07 Å². The Kier molecular flexibility index (Phi) is 3.44. The van der Waals surface area contributed by atoms with E-state index in [9.17, 15) is 4.39 Å². The van der Waals surface area contributed by atoms with Gasteiger partial charge in [0.25, 0.3) is 0 Å². The number of hydrogen-bond acceptors (Lipinski definition) is 3. The van der Waals surface area contributed by atoms with E-state index in [1.807, 2.05) is 19.1 Å². The van der Waals surface area contributed by atoms with Crippen LogP contribution < -0.4 is 5.32 Å². The fourth-order valence-electron chi connectivity index (χ4n) is 1.57. The maximum Gasteiger partial charge on any atom is 0.165 e. The lowest BCUT2D eigenvalue weighted by molar-refractivity contribution is 0.424. The van der Waals surface area contributed by atoms with Gasteiger partial charge in [0.1, 0.15) is 5.76 Å². The third kappa shape index (κ3) is 2.85. The zero-order valence-corrected chi connectivity index (χ0v) is 9.48. The summed E-state index contributed by atoms with van der Waals surface area (Å²) in [5, 5.41) is 12.3. The predicted molar refractivity (Wildman–Crippen MR) is 62.0 cm³/mol. The molecule has 0 unspecified atom stereocenters.